The van der Waals surface area contributed by atoms with Crippen LogP contribution in [0.3, 0.4) is 0 Å². The fourth-order valence-corrected chi connectivity index (χ4v) is 2.23. The minimum atomic E-state index is -1.20. The van der Waals surface area contributed by atoms with E-state index in [-0.39, 0.29) is 31.3 Å². The van der Waals surface area contributed by atoms with Crippen molar-refractivity contribution in [2.24, 2.45) is 5.73 Å². The molecule has 2 heterocycles. The highest BCUT2D eigenvalue weighted by Gasteiger charge is 2.45. The van der Waals surface area contributed by atoms with Crippen molar-refractivity contribution in [3.05, 3.63) is 0 Å². The molecule has 3 atom stereocenters. The number of amides is 3. The fourth-order valence-electron chi connectivity index (χ4n) is 2.23. The number of nitrogens with one attached hydrogen (secondary N) is 2. The number of rotatable bonds is 7. The summed E-state index contributed by atoms with van der Waals surface area (Å²) in [4.78, 5) is 46.2. The molecule has 0 spiro atoms. The summed E-state index contributed by atoms with van der Waals surface area (Å²) in [5.41, 5.74) is 5.35. The zero-order valence-electron chi connectivity index (χ0n) is 11.8. The van der Waals surface area contributed by atoms with Crippen LogP contribution in [0.2, 0.25) is 0 Å². The van der Waals surface area contributed by atoms with E-state index in [4.69, 9.17) is 15.6 Å². The molecule has 2 fully saturated rings. The summed E-state index contributed by atoms with van der Waals surface area (Å²) in [6, 6.07) is -1.20. The van der Waals surface area contributed by atoms with Gasteiger partial charge in [0, 0.05) is 6.54 Å². The first-order valence-electron chi connectivity index (χ1n) is 6.83. The van der Waals surface area contributed by atoms with E-state index in [0.717, 1.165) is 0 Å². The van der Waals surface area contributed by atoms with Crippen LogP contribution in [0.15, 0.2) is 0 Å². The zero-order chi connectivity index (χ0) is 16.3. The van der Waals surface area contributed by atoms with Crippen molar-refractivity contribution in [1.29, 1.82) is 0 Å². The molecule has 5 N–H and O–H groups in total. The Hall–Kier alpha value is -2.20. The van der Waals surface area contributed by atoms with E-state index in [0.29, 0.717) is 13.0 Å². The number of aliphatic carboxylic acids is 1. The molecule has 10 heteroatoms. The molecule has 0 aromatic carbocycles. The normalized spacial score (nSPS) is 24.2. The lowest BCUT2D eigenvalue weighted by Gasteiger charge is -2.31. The molecule has 10 nitrogen and oxygen atoms in total. The Balaban J connectivity index is 1.61. The molecule has 0 aliphatic carbocycles. The Kier molecular flexibility index (Phi) is 4.93. The van der Waals surface area contributed by atoms with Crippen molar-refractivity contribution >= 4 is 23.7 Å². The standard InChI is InChI=1S/C12H18N4O6/c13-7(1-11(19)20)12(21)15-4-8(17)14-3-6-5-16-9(18)2-10(16)22-6/h6-7,10H,1-5,13H2,(H,14,17)(H,15,21)(H,19,20). The van der Waals surface area contributed by atoms with Gasteiger partial charge < -0.3 is 31.1 Å². The maximum Gasteiger partial charge on any atom is 0.305 e. The molecule has 0 radical (unpaired) electrons. The second-order valence-electron chi connectivity index (χ2n) is 5.19. The third kappa shape index (κ3) is 3.92. The second-order valence-corrected chi connectivity index (χ2v) is 5.19. The monoisotopic (exact) mass is 314 g/mol. The third-order valence-corrected chi connectivity index (χ3v) is 3.45. The van der Waals surface area contributed by atoms with Gasteiger partial charge in [-0.15, -0.1) is 0 Å². The summed E-state index contributed by atoms with van der Waals surface area (Å²) in [7, 11) is 0. The number of β-lactam (4-membered cyclic amide) rings is 1. The molecule has 0 bridgehead atoms. The van der Waals surface area contributed by atoms with Crippen LogP contribution in [0.25, 0.3) is 0 Å². The number of hydrogen-bond acceptors (Lipinski definition) is 6. The summed E-state index contributed by atoms with van der Waals surface area (Å²) in [6.07, 6.45) is -0.565. The molecular formula is C12H18N4O6. The molecule has 2 aliphatic rings. The van der Waals surface area contributed by atoms with Crippen LogP contribution in [0.1, 0.15) is 12.8 Å². The molecular weight excluding hydrogens is 296 g/mol. The number of nitrogens with zero attached hydrogens (tertiary/aromatic N) is 1. The van der Waals surface area contributed by atoms with E-state index in [1.165, 1.54) is 0 Å². The van der Waals surface area contributed by atoms with E-state index in [1.54, 1.807) is 4.90 Å². The molecule has 2 aliphatic heterocycles. The minimum absolute atomic E-state index is 0.0403. The van der Waals surface area contributed by atoms with Gasteiger partial charge in [-0.25, -0.2) is 0 Å². The molecule has 2 rings (SSSR count). The summed E-state index contributed by atoms with van der Waals surface area (Å²) >= 11 is 0. The van der Waals surface area contributed by atoms with E-state index in [2.05, 4.69) is 10.6 Å². The van der Waals surface area contributed by atoms with Gasteiger partial charge in [-0.3, -0.25) is 19.2 Å². The van der Waals surface area contributed by atoms with Crippen LogP contribution >= 0.6 is 0 Å². The molecule has 3 unspecified atom stereocenters. The van der Waals surface area contributed by atoms with Gasteiger partial charge >= 0.3 is 5.97 Å². The highest BCUT2D eigenvalue weighted by molar-refractivity contribution is 5.89. The number of carbonyl (C=O) groups excluding carboxylic acids is 3. The highest BCUT2D eigenvalue weighted by atomic mass is 16.5. The van der Waals surface area contributed by atoms with Crippen molar-refractivity contribution in [3.63, 3.8) is 0 Å². The summed E-state index contributed by atoms with van der Waals surface area (Å²) < 4.78 is 5.51. The van der Waals surface area contributed by atoms with E-state index in [9.17, 15) is 19.2 Å². The third-order valence-electron chi connectivity index (χ3n) is 3.45. The van der Waals surface area contributed by atoms with Gasteiger partial charge in [-0.1, -0.05) is 0 Å². The summed E-state index contributed by atoms with van der Waals surface area (Å²) in [5.74, 6) is -2.30. The molecule has 22 heavy (non-hydrogen) atoms. The molecule has 2 saturated heterocycles. The van der Waals surface area contributed by atoms with Crippen LogP contribution < -0.4 is 16.4 Å². The second kappa shape index (κ2) is 6.71. The Morgan fingerprint density at radius 2 is 2.14 bits per heavy atom. The van der Waals surface area contributed by atoms with Gasteiger partial charge in [0.05, 0.1) is 38.1 Å². The van der Waals surface area contributed by atoms with E-state index < -0.39 is 30.2 Å². The van der Waals surface area contributed by atoms with E-state index >= 15 is 0 Å². The van der Waals surface area contributed by atoms with Gasteiger partial charge in [-0.2, -0.15) is 0 Å². The SMILES string of the molecule is NC(CC(=O)O)C(=O)NCC(=O)NCC1CN2C(=O)CC2O1. The van der Waals surface area contributed by atoms with Crippen molar-refractivity contribution in [2.75, 3.05) is 19.6 Å². The van der Waals surface area contributed by atoms with Crippen LogP contribution in [-0.4, -0.2) is 71.7 Å². The predicted molar refractivity (Wildman–Crippen MR) is 71.2 cm³/mol. The topological polar surface area (TPSA) is 151 Å². The van der Waals surface area contributed by atoms with Crippen molar-refractivity contribution in [2.45, 2.75) is 31.2 Å². The van der Waals surface area contributed by atoms with Crippen molar-refractivity contribution in [1.82, 2.24) is 15.5 Å². The quantitative estimate of drug-likeness (QED) is 0.365. The number of ether oxygens (including phenoxy) is 1. The fraction of sp³-hybridized carbons (Fsp3) is 0.667. The summed E-state index contributed by atoms with van der Waals surface area (Å²) in [6.45, 7) is 0.376. The lowest BCUT2D eigenvalue weighted by molar-refractivity contribution is -0.156. The number of carbonyl (C=O) groups is 4. The number of nitrogens with two attached hydrogens (primary N) is 1. The number of carboxylic acids is 1. The van der Waals surface area contributed by atoms with Gasteiger partial charge in [0.2, 0.25) is 17.7 Å². The smallest absolute Gasteiger partial charge is 0.305 e. The van der Waals surface area contributed by atoms with Crippen LogP contribution in [-0.2, 0) is 23.9 Å². The van der Waals surface area contributed by atoms with Crippen molar-refractivity contribution < 1.29 is 29.0 Å². The molecule has 0 aromatic heterocycles. The zero-order valence-corrected chi connectivity index (χ0v) is 11.8. The average molecular weight is 314 g/mol. The largest absolute Gasteiger partial charge is 0.481 e. The Morgan fingerprint density at radius 3 is 2.73 bits per heavy atom. The number of carboxylic acid groups (broad SMARTS) is 1. The average Bonchev–Trinajstić information content (AvgIpc) is 2.78. The van der Waals surface area contributed by atoms with Crippen molar-refractivity contribution in [3.8, 4) is 0 Å². The molecule has 122 valence electrons. The highest BCUT2D eigenvalue weighted by Crippen LogP contribution is 2.28. The molecule has 3 amide bonds. The molecule has 0 aromatic rings. The number of hydrogen-bond donors (Lipinski definition) is 4. The first-order valence-corrected chi connectivity index (χ1v) is 6.83. The van der Waals surface area contributed by atoms with Gasteiger partial charge in [0.15, 0.2) is 0 Å². The summed E-state index contributed by atoms with van der Waals surface area (Å²) in [5, 5.41) is 13.3. The minimum Gasteiger partial charge on any atom is -0.481 e. The first kappa shape index (κ1) is 16.2. The molecule has 0 saturated carbocycles. The Labute approximate surface area is 125 Å². The first-order chi connectivity index (χ1) is 10.4. The lowest BCUT2D eigenvalue weighted by Crippen LogP contribution is -2.48. The van der Waals surface area contributed by atoms with E-state index in [1.807, 2.05) is 0 Å². The maximum absolute atomic E-state index is 11.6. The maximum atomic E-state index is 11.6. The number of fused-ring (bicyclic) bond motifs is 1. The lowest BCUT2D eigenvalue weighted by atomic mass is 10.2. The van der Waals surface area contributed by atoms with Gasteiger partial charge in [0.25, 0.3) is 0 Å². The Bertz CT molecular complexity index is 496. The Morgan fingerprint density at radius 1 is 1.41 bits per heavy atom. The van der Waals surface area contributed by atoms with Crippen LogP contribution in [0, 0.1) is 0 Å². The van der Waals surface area contributed by atoms with Crippen LogP contribution in [0.4, 0.5) is 0 Å². The van der Waals surface area contributed by atoms with Gasteiger partial charge in [-0.05, 0) is 0 Å². The van der Waals surface area contributed by atoms with Crippen LogP contribution in [0.5, 0.6) is 0 Å². The predicted octanol–water partition coefficient (Wildman–Crippen LogP) is -3.02. The van der Waals surface area contributed by atoms with Gasteiger partial charge in [0.1, 0.15) is 6.23 Å².